The number of aromatic amines is 1. The Hall–Kier alpha value is -2.57. The van der Waals surface area contributed by atoms with Crippen molar-refractivity contribution in [2.45, 2.75) is 78.7 Å². The van der Waals surface area contributed by atoms with Crippen LogP contribution in [0.4, 0.5) is 0 Å². The van der Waals surface area contributed by atoms with Gasteiger partial charge in [-0.2, -0.15) is 0 Å². The molecule has 3 rings (SSSR count). The van der Waals surface area contributed by atoms with Crippen LogP contribution in [-0.2, 0) is 9.53 Å². The Morgan fingerprint density at radius 2 is 2.00 bits per heavy atom. The van der Waals surface area contributed by atoms with Gasteiger partial charge in [0.1, 0.15) is 5.69 Å². The Balaban J connectivity index is 1.60. The number of nitrogens with one attached hydrogen (secondary N) is 2. The van der Waals surface area contributed by atoms with Gasteiger partial charge in [0.15, 0.2) is 0 Å². The van der Waals surface area contributed by atoms with E-state index >= 15 is 0 Å². The van der Waals surface area contributed by atoms with Crippen molar-refractivity contribution in [3.8, 4) is 0 Å². The molecule has 7 heteroatoms. The van der Waals surface area contributed by atoms with Crippen molar-refractivity contribution in [1.29, 1.82) is 0 Å². The number of likely N-dealkylation sites (tertiary alicyclic amines) is 1. The number of piperidine rings is 1. The number of hydrogen-bond acceptors (Lipinski definition) is 4. The predicted molar refractivity (Wildman–Crippen MR) is 124 cm³/mol. The van der Waals surface area contributed by atoms with Crippen LogP contribution in [0.5, 0.6) is 0 Å². The summed E-state index contributed by atoms with van der Waals surface area (Å²) < 4.78 is 5.33. The smallest absolute Gasteiger partial charge is 0.340 e. The number of aromatic nitrogens is 1. The molecular weight excluding hydrogens is 406 g/mol. The third-order valence-electron chi connectivity index (χ3n) is 6.41. The number of H-pyrrole nitrogens is 1. The Morgan fingerprint density at radius 1 is 1.22 bits per heavy atom. The van der Waals surface area contributed by atoms with Gasteiger partial charge in [0.2, 0.25) is 5.91 Å². The molecule has 2 amide bonds. The fourth-order valence-corrected chi connectivity index (χ4v) is 4.70. The molecule has 1 aromatic rings. The van der Waals surface area contributed by atoms with Crippen LogP contribution in [0.3, 0.4) is 0 Å². The highest BCUT2D eigenvalue weighted by atomic mass is 16.5. The average molecular weight is 444 g/mol. The lowest BCUT2D eigenvalue weighted by Crippen LogP contribution is -2.45. The predicted octanol–water partition coefficient (Wildman–Crippen LogP) is 4.06. The summed E-state index contributed by atoms with van der Waals surface area (Å²) in [5, 5.41) is 3.07. The van der Waals surface area contributed by atoms with Crippen molar-refractivity contribution >= 4 is 17.8 Å². The molecule has 1 fully saturated rings. The van der Waals surface area contributed by atoms with Crippen LogP contribution in [0.15, 0.2) is 11.6 Å². The number of carbonyl (C=O) groups excluding carboxylic acids is 3. The normalized spacial score (nSPS) is 19.0. The summed E-state index contributed by atoms with van der Waals surface area (Å²) >= 11 is 0. The van der Waals surface area contributed by atoms with E-state index in [9.17, 15) is 14.4 Å². The van der Waals surface area contributed by atoms with Crippen molar-refractivity contribution in [3.63, 3.8) is 0 Å². The third kappa shape index (κ3) is 5.81. The minimum Gasteiger partial charge on any atom is -0.459 e. The number of ether oxygens (including phenoxy) is 1. The molecule has 2 N–H and O–H groups in total. The zero-order valence-electron chi connectivity index (χ0n) is 19.9. The van der Waals surface area contributed by atoms with Crippen LogP contribution >= 0.6 is 0 Å². The van der Waals surface area contributed by atoms with Crippen molar-refractivity contribution in [2.75, 3.05) is 19.6 Å². The Bertz CT molecular complexity index is 884. The fourth-order valence-electron chi connectivity index (χ4n) is 4.70. The van der Waals surface area contributed by atoms with Crippen molar-refractivity contribution in [1.82, 2.24) is 15.2 Å². The van der Waals surface area contributed by atoms with E-state index in [1.165, 1.54) is 18.4 Å². The molecule has 1 aromatic heterocycles. The van der Waals surface area contributed by atoms with Gasteiger partial charge in [0, 0.05) is 25.3 Å². The van der Waals surface area contributed by atoms with E-state index < -0.39 is 5.97 Å². The number of esters is 1. The molecule has 0 aromatic carbocycles. The van der Waals surface area contributed by atoms with Gasteiger partial charge in [0.05, 0.1) is 17.6 Å². The highest BCUT2D eigenvalue weighted by Gasteiger charge is 2.32. The van der Waals surface area contributed by atoms with E-state index in [0.29, 0.717) is 42.1 Å². The Kier molecular flexibility index (Phi) is 8.15. The van der Waals surface area contributed by atoms with Gasteiger partial charge < -0.3 is 19.9 Å². The van der Waals surface area contributed by atoms with Gasteiger partial charge >= 0.3 is 5.97 Å². The van der Waals surface area contributed by atoms with E-state index in [4.69, 9.17) is 4.74 Å². The molecule has 0 radical (unpaired) electrons. The maximum absolute atomic E-state index is 13.2. The summed E-state index contributed by atoms with van der Waals surface area (Å²) in [6.07, 6.45) is 9.37. The van der Waals surface area contributed by atoms with Crippen LogP contribution in [-0.4, -0.2) is 53.4 Å². The molecule has 1 saturated heterocycles. The summed E-state index contributed by atoms with van der Waals surface area (Å²) in [7, 11) is 0. The van der Waals surface area contributed by atoms with Crippen molar-refractivity contribution < 1.29 is 19.1 Å². The van der Waals surface area contributed by atoms with Crippen molar-refractivity contribution in [2.24, 2.45) is 5.92 Å². The molecule has 0 unspecified atom stereocenters. The molecule has 176 valence electrons. The van der Waals surface area contributed by atoms with Crippen LogP contribution in [0.2, 0.25) is 0 Å². The lowest BCUT2D eigenvalue weighted by molar-refractivity contribution is -0.126. The topological polar surface area (TPSA) is 91.5 Å². The summed E-state index contributed by atoms with van der Waals surface area (Å²) in [5.74, 6) is -0.761. The number of amides is 2. The molecule has 0 saturated carbocycles. The Labute approximate surface area is 191 Å². The summed E-state index contributed by atoms with van der Waals surface area (Å²) in [4.78, 5) is 43.2. The van der Waals surface area contributed by atoms with Gasteiger partial charge in [0.25, 0.3) is 5.91 Å². The molecule has 0 spiro atoms. The minimum atomic E-state index is -0.422. The number of nitrogens with zero attached hydrogens (tertiary/aromatic N) is 1. The molecule has 2 heterocycles. The zero-order chi connectivity index (χ0) is 23.3. The molecule has 1 aliphatic heterocycles. The van der Waals surface area contributed by atoms with E-state index in [1.807, 2.05) is 0 Å². The number of allylic oxidation sites excluding steroid dienone is 1. The zero-order valence-corrected chi connectivity index (χ0v) is 19.9. The summed E-state index contributed by atoms with van der Waals surface area (Å²) in [6, 6.07) is 0. The van der Waals surface area contributed by atoms with Crippen molar-refractivity contribution in [3.05, 3.63) is 34.2 Å². The number of carbonyl (C=O) groups is 3. The summed E-state index contributed by atoms with van der Waals surface area (Å²) in [6.45, 7) is 8.80. The molecule has 1 atom stereocenters. The lowest BCUT2D eigenvalue weighted by Gasteiger charge is -2.32. The first-order valence-electron chi connectivity index (χ1n) is 11.9. The quantitative estimate of drug-likeness (QED) is 0.491. The first-order chi connectivity index (χ1) is 15.3. The van der Waals surface area contributed by atoms with Crippen LogP contribution in [0, 0.1) is 19.8 Å². The standard InChI is InChI=1S/C25H37N3O4/c1-16(2)32-25(31)21-17(3)22(27-18(21)4)24(30)28-14-8-11-20(15-28)23(29)26-13-12-19-9-6-5-7-10-19/h9,16,20,27H,5-8,10-15H2,1-4H3,(H,26,29)/t20-/m0/s1. The summed E-state index contributed by atoms with van der Waals surface area (Å²) in [5.41, 5.74) is 3.50. The molecular formula is C25H37N3O4. The number of aryl methyl sites for hydroxylation is 1. The maximum atomic E-state index is 13.2. The van der Waals surface area contributed by atoms with E-state index in [1.54, 1.807) is 32.6 Å². The van der Waals surface area contributed by atoms with Gasteiger partial charge in [-0.15, -0.1) is 0 Å². The highest BCUT2D eigenvalue weighted by Crippen LogP contribution is 2.24. The number of hydrogen-bond donors (Lipinski definition) is 2. The monoisotopic (exact) mass is 443 g/mol. The third-order valence-corrected chi connectivity index (χ3v) is 6.41. The van der Waals surface area contributed by atoms with Gasteiger partial charge in [-0.25, -0.2) is 4.79 Å². The second kappa shape index (κ2) is 10.8. The van der Waals surface area contributed by atoms with Crippen LogP contribution in [0.1, 0.15) is 90.9 Å². The maximum Gasteiger partial charge on any atom is 0.340 e. The number of rotatable bonds is 7. The molecule has 1 aliphatic carbocycles. The minimum absolute atomic E-state index is 0.0273. The first kappa shape index (κ1) is 24.1. The molecule has 2 aliphatic rings. The van der Waals surface area contributed by atoms with E-state index in [-0.39, 0.29) is 23.8 Å². The van der Waals surface area contributed by atoms with E-state index in [0.717, 1.165) is 32.1 Å². The first-order valence-corrected chi connectivity index (χ1v) is 11.9. The highest BCUT2D eigenvalue weighted by molar-refractivity contribution is 6.00. The average Bonchev–Trinajstić information content (AvgIpc) is 3.07. The second-order valence-corrected chi connectivity index (χ2v) is 9.32. The lowest BCUT2D eigenvalue weighted by atomic mass is 9.95. The van der Waals surface area contributed by atoms with Gasteiger partial charge in [-0.05, 0) is 78.2 Å². The van der Waals surface area contributed by atoms with E-state index in [2.05, 4.69) is 16.4 Å². The molecule has 32 heavy (non-hydrogen) atoms. The molecule has 0 bridgehead atoms. The Morgan fingerprint density at radius 3 is 2.69 bits per heavy atom. The second-order valence-electron chi connectivity index (χ2n) is 9.32. The fraction of sp³-hybridized carbons (Fsp3) is 0.640. The largest absolute Gasteiger partial charge is 0.459 e. The van der Waals surface area contributed by atoms with Crippen LogP contribution in [0.25, 0.3) is 0 Å². The SMILES string of the molecule is Cc1[nH]c(C(=O)N2CCC[C@H](C(=O)NCCC3=CCCCC3)C2)c(C)c1C(=O)OC(C)C. The van der Waals surface area contributed by atoms with Crippen LogP contribution < -0.4 is 5.32 Å². The van der Waals surface area contributed by atoms with Gasteiger partial charge in [-0.1, -0.05) is 11.6 Å². The van der Waals surface area contributed by atoms with Gasteiger partial charge in [-0.3, -0.25) is 9.59 Å². The molecule has 7 nitrogen and oxygen atoms in total.